The average molecular weight is 376 g/mol. The summed E-state index contributed by atoms with van der Waals surface area (Å²) in [4.78, 5) is 24.3. The third-order valence-corrected chi connectivity index (χ3v) is 4.84. The van der Waals surface area contributed by atoms with Crippen LogP contribution in [0.4, 0.5) is 5.69 Å². The molecule has 0 saturated heterocycles. The lowest BCUT2D eigenvalue weighted by atomic mass is 10.1. The smallest absolute Gasteiger partial charge is 0.338 e. The molecule has 8 heteroatoms. The van der Waals surface area contributed by atoms with Gasteiger partial charge in [0.2, 0.25) is 10.0 Å². The van der Waals surface area contributed by atoms with Gasteiger partial charge in [-0.2, -0.15) is 0 Å². The van der Waals surface area contributed by atoms with Crippen molar-refractivity contribution < 1.29 is 22.7 Å². The fraction of sp³-hybridized carbons (Fsp3) is 0.222. The fourth-order valence-corrected chi connectivity index (χ4v) is 3.07. The number of rotatable bonds is 5. The van der Waals surface area contributed by atoms with Gasteiger partial charge in [-0.15, -0.1) is 0 Å². The van der Waals surface area contributed by atoms with Gasteiger partial charge in [-0.3, -0.25) is 4.79 Å². The van der Waals surface area contributed by atoms with Crippen LogP contribution in [0, 0.1) is 13.8 Å². The molecule has 3 N–H and O–H groups in total. The van der Waals surface area contributed by atoms with Gasteiger partial charge in [0.25, 0.3) is 5.91 Å². The van der Waals surface area contributed by atoms with Gasteiger partial charge in [0, 0.05) is 5.69 Å². The molecule has 1 unspecified atom stereocenters. The van der Waals surface area contributed by atoms with E-state index in [-0.39, 0.29) is 10.5 Å². The number of nitrogens with two attached hydrogens (primary N) is 1. The Bertz CT molecular complexity index is 954. The summed E-state index contributed by atoms with van der Waals surface area (Å²) >= 11 is 0. The highest BCUT2D eigenvalue weighted by atomic mass is 32.2. The highest BCUT2D eigenvalue weighted by Crippen LogP contribution is 2.18. The van der Waals surface area contributed by atoms with Crippen LogP contribution in [0.5, 0.6) is 0 Å². The predicted molar refractivity (Wildman–Crippen MR) is 97.2 cm³/mol. The summed E-state index contributed by atoms with van der Waals surface area (Å²) in [5, 5.41) is 7.81. The van der Waals surface area contributed by atoms with E-state index in [0.717, 1.165) is 11.6 Å². The fourth-order valence-electron chi connectivity index (χ4n) is 2.26. The number of sulfonamides is 1. The zero-order valence-electron chi connectivity index (χ0n) is 14.6. The van der Waals surface area contributed by atoms with Crippen LogP contribution in [-0.2, 0) is 19.6 Å². The Morgan fingerprint density at radius 1 is 1.08 bits per heavy atom. The first-order valence-electron chi connectivity index (χ1n) is 7.80. The molecule has 0 heterocycles. The molecule has 0 aliphatic carbocycles. The molecule has 138 valence electrons. The second-order valence-corrected chi connectivity index (χ2v) is 7.41. The second-order valence-electron chi connectivity index (χ2n) is 5.88. The summed E-state index contributed by atoms with van der Waals surface area (Å²) in [5.74, 6) is -1.31. The van der Waals surface area contributed by atoms with Gasteiger partial charge in [-0.25, -0.2) is 18.4 Å². The van der Waals surface area contributed by atoms with Crippen molar-refractivity contribution in [2.45, 2.75) is 31.8 Å². The van der Waals surface area contributed by atoms with E-state index in [2.05, 4.69) is 5.32 Å². The standard InChI is InChI=1S/C18H20N2O5S/c1-11-6-4-5-7-15(11)20-17(21)13(3)25-18(22)14-9-8-12(2)16(10-14)26(19,23)24/h4-10,13H,1-3H3,(H,20,21)(H2,19,23,24). The number of amides is 1. The molecule has 7 nitrogen and oxygen atoms in total. The lowest BCUT2D eigenvalue weighted by Gasteiger charge is -2.15. The largest absolute Gasteiger partial charge is 0.449 e. The van der Waals surface area contributed by atoms with Gasteiger partial charge >= 0.3 is 5.97 Å². The number of carbonyl (C=O) groups excluding carboxylic acids is 2. The van der Waals surface area contributed by atoms with Crippen LogP contribution in [0.15, 0.2) is 47.4 Å². The van der Waals surface area contributed by atoms with Crippen LogP contribution < -0.4 is 10.5 Å². The van der Waals surface area contributed by atoms with E-state index in [1.165, 1.54) is 19.1 Å². The molecule has 0 aliphatic heterocycles. The van der Waals surface area contributed by atoms with Gasteiger partial charge < -0.3 is 10.1 Å². The second kappa shape index (κ2) is 7.67. The molecule has 0 bridgehead atoms. The number of primary sulfonamides is 1. The van der Waals surface area contributed by atoms with Crippen LogP contribution in [0.25, 0.3) is 0 Å². The molecule has 1 atom stereocenters. The van der Waals surface area contributed by atoms with Crippen molar-refractivity contribution >= 4 is 27.6 Å². The molecule has 0 aromatic heterocycles. The molecular weight excluding hydrogens is 356 g/mol. The van der Waals surface area contributed by atoms with E-state index in [1.54, 1.807) is 19.1 Å². The van der Waals surface area contributed by atoms with Gasteiger partial charge in [0.1, 0.15) is 0 Å². The Labute approximate surface area is 152 Å². The number of esters is 1. The van der Waals surface area contributed by atoms with Crippen molar-refractivity contribution in [2.75, 3.05) is 5.32 Å². The molecular formula is C18H20N2O5S. The van der Waals surface area contributed by atoms with E-state index in [4.69, 9.17) is 9.88 Å². The Morgan fingerprint density at radius 3 is 2.35 bits per heavy atom. The van der Waals surface area contributed by atoms with E-state index >= 15 is 0 Å². The molecule has 0 aliphatic rings. The van der Waals surface area contributed by atoms with Gasteiger partial charge in [0.05, 0.1) is 10.5 Å². The number of para-hydroxylation sites is 1. The van der Waals surface area contributed by atoms with Crippen LogP contribution in [0.3, 0.4) is 0 Å². The summed E-state index contributed by atoms with van der Waals surface area (Å²) in [6.45, 7) is 4.83. The zero-order chi connectivity index (χ0) is 19.5. The van der Waals surface area contributed by atoms with Crippen molar-refractivity contribution in [1.29, 1.82) is 0 Å². The minimum atomic E-state index is -3.97. The molecule has 26 heavy (non-hydrogen) atoms. The minimum Gasteiger partial charge on any atom is -0.449 e. The van der Waals surface area contributed by atoms with E-state index in [0.29, 0.717) is 11.3 Å². The number of benzene rings is 2. The topological polar surface area (TPSA) is 116 Å². The lowest BCUT2D eigenvalue weighted by molar-refractivity contribution is -0.123. The van der Waals surface area contributed by atoms with E-state index in [1.807, 2.05) is 19.1 Å². The maximum Gasteiger partial charge on any atom is 0.338 e. The van der Waals surface area contributed by atoms with E-state index in [9.17, 15) is 18.0 Å². The Morgan fingerprint density at radius 2 is 1.73 bits per heavy atom. The van der Waals surface area contributed by atoms with Gasteiger partial charge in [0.15, 0.2) is 6.10 Å². The summed E-state index contributed by atoms with van der Waals surface area (Å²) in [6, 6.07) is 11.2. The molecule has 2 aromatic carbocycles. The molecule has 0 saturated carbocycles. The normalized spacial score (nSPS) is 12.3. The highest BCUT2D eigenvalue weighted by Gasteiger charge is 2.21. The molecule has 1 amide bonds. The molecule has 0 fully saturated rings. The molecule has 0 radical (unpaired) electrons. The SMILES string of the molecule is Cc1ccccc1NC(=O)C(C)OC(=O)c1ccc(C)c(S(N)(=O)=O)c1. The number of hydrogen-bond acceptors (Lipinski definition) is 5. The molecule has 2 aromatic rings. The summed E-state index contributed by atoms with van der Waals surface area (Å²) in [5.41, 5.74) is 1.90. The maximum atomic E-state index is 12.2. The lowest BCUT2D eigenvalue weighted by Crippen LogP contribution is -2.30. The highest BCUT2D eigenvalue weighted by molar-refractivity contribution is 7.89. The number of nitrogens with one attached hydrogen (secondary N) is 1. The first kappa shape index (κ1) is 19.6. The Kier molecular flexibility index (Phi) is 5.79. The monoisotopic (exact) mass is 376 g/mol. The third kappa shape index (κ3) is 4.68. The number of carbonyl (C=O) groups is 2. The Balaban J connectivity index is 2.12. The zero-order valence-corrected chi connectivity index (χ0v) is 15.5. The predicted octanol–water partition coefficient (Wildman–Crippen LogP) is 2.13. The van der Waals surface area contributed by atoms with Crippen LogP contribution in [0.1, 0.15) is 28.4 Å². The van der Waals surface area contributed by atoms with Crippen molar-refractivity contribution in [2.24, 2.45) is 5.14 Å². The molecule has 2 rings (SSSR count). The van der Waals surface area contributed by atoms with Gasteiger partial charge in [-0.1, -0.05) is 24.3 Å². The average Bonchev–Trinajstić information content (AvgIpc) is 2.56. The number of hydrogen-bond donors (Lipinski definition) is 2. The third-order valence-electron chi connectivity index (χ3n) is 3.79. The first-order chi connectivity index (χ1) is 12.1. The van der Waals surface area contributed by atoms with Gasteiger partial charge in [-0.05, 0) is 50.1 Å². The number of anilines is 1. The van der Waals surface area contributed by atoms with Crippen LogP contribution in [-0.4, -0.2) is 26.4 Å². The van der Waals surface area contributed by atoms with Crippen molar-refractivity contribution in [3.8, 4) is 0 Å². The summed E-state index contributed by atoms with van der Waals surface area (Å²) in [7, 11) is -3.97. The quantitative estimate of drug-likeness (QED) is 0.776. The maximum absolute atomic E-state index is 12.2. The van der Waals surface area contributed by atoms with E-state index < -0.39 is 28.0 Å². The minimum absolute atomic E-state index is 0.00448. The van der Waals surface area contributed by atoms with Crippen molar-refractivity contribution in [1.82, 2.24) is 0 Å². The van der Waals surface area contributed by atoms with Crippen LogP contribution in [0.2, 0.25) is 0 Å². The Hall–Kier alpha value is -2.71. The molecule has 0 spiro atoms. The van der Waals surface area contributed by atoms with Crippen LogP contribution >= 0.6 is 0 Å². The number of ether oxygens (including phenoxy) is 1. The first-order valence-corrected chi connectivity index (χ1v) is 9.35. The van der Waals surface area contributed by atoms with Crippen molar-refractivity contribution in [3.05, 3.63) is 59.2 Å². The number of aryl methyl sites for hydroxylation is 2. The van der Waals surface area contributed by atoms with Crippen molar-refractivity contribution in [3.63, 3.8) is 0 Å². The summed E-state index contributed by atoms with van der Waals surface area (Å²) in [6.07, 6.45) is -1.07. The summed E-state index contributed by atoms with van der Waals surface area (Å²) < 4.78 is 28.2.